The molecule has 0 bridgehead atoms. The molecule has 0 aliphatic rings. The van der Waals surface area contributed by atoms with Gasteiger partial charge in [-0.15, -0.1) is 0 Å². The number of fused-ring (bicyclic) bond motifs is 1. The van der Waals surface area contributed by atoms with Gasteiger partial charge in [0.2, 0.25) is 10.0 Å². The molecular weight excluding hydrogens is 370 g/mol. The predicted molar refractivity (Wildman–Crippen MR) is 114 cm³/mol. The fraction of sp³-hybridized carbons (Fsp3) is 0.318. The van der Waals surface area contributed by atoms with Crippen LogP contribution in [0.5, 0.6) is 0 Å². The molecule has 3 rings (SSSR count). The van der Waals surface area contributed by atoms with Crippen LogP contribution in [-0.4, -0.2) is 32.5 Å². The number of rotatable bonds is 10. The van der Waals surface area contributed by atoms with Crippen molar-refractivity contribution in [2.45, 2.75) is 37.1 Å². The highest BCUT2D eigenvalue weighted by molar-refractivity contribution is 7.89. The monoisotopic (exact) mass is 397 g/mol. The molecule has 0 saturated carbocycles. The molecule has 1 atom stereocenters. The Morgan fingerprint density at radius 3 is 2.64 bits per heavy atom. The van der Waals surface area contributed by atoms with Gasteiger partial charge in [0.15, 0.2) is 0 Å². The standard InChI is InChI=1S/C22H27N3O2S/c1-18(16-23-13-6-5-9-19-7-3-2-4-8-19)25-28(26,27)22-11-10-21-17-24-14-12-20(21)15-22/h2-4,7-8,10-12,14-15,17-18,23,25H,5-6,9,13,16H2,1H3. The number of hydrogen-bond acceptors (Lipinski definition) is 4. The highest BCUT2D eigenvalue weighted by Crippen LogP contribution is 2.18. The van der Waals surface area contributed by atoms with Crippen LogP contribution in [-0.2, 0) is 16.4 Å². The zero-order valence-corrected chi connectivity index (χ0v) is 17.0. The van der Waals surface area contributed by atoms with Gasteiger partial charge in [-0.25, -0.2) is 13.1 Å². The van der Waals surface area contributed by atoms with Crippen molar-refractivity contribution < 1.29 is 8.42 Å². The lowest BCUT2D eigenvalue weighted by Gasteiger charge is -2.15. The summed E-state index contributed by atoms with van der Waals surface area (Å²) in [5, 5.41) is 5.13. The SMILES string of the molecule is CC(CNCCCCc1ccccc1)NS(=O)(=O)c1ccc2cnccc2c1. The third-order valence-electron chi connectivity index (χ3n) is 4.64. The van der Waals surface area contributed by atoms with Crippen LogP contribution in [0.4, 0.5) is 0 Å². The largest absolute Gasteiger partial charge is 0.315 e. The summed E-state index contributed by atoms with van der Waals surface area (Å²) in [6, 6.07) is 17.2. The van der Waals surface area contributed by atoms with E-state index in [1.165, 1.54) is 5.56 Å². The van der Waals surface area contributed by atoms with Crippen molar-refractivity contribution in [1.29, 1.82) is 0 Å². The third-order valence-corrected chi connectivity index (χ3v) is 6.23. The maximum Gasteiger partial charge on any atom is 0.240 e. The molecule has 1 heterocycles. The van der Waals surface area contributed by atoms with E-state index >= 15 is 0 Å². The van der Waals surface area contributed by atoms with Gasteiger partial charge in [-0.05, 0) is 61.9 Å². The molecule has 148 valence electrons. The van der Waals surface area contributed by atoms with Crippen molar-refractivity contribution >= 4 is 20.8 Å². The molecular formula is C22H27N3O2S. The molecule has 1 aromatic heterocycles. The Labute approximate surface area is 167 Å². The topological polar surface area (TPSA) is 71.1 Å². The molecule has 0 radical (unpaired) electrons. The Bertz CT molecular complexity index is 991. The number of nitrogens with zero attached hydrogens (tertiary/aromatic N) is 1. The molecule has 3 aromatic rings. The average molecular weight is 398 g/mol. The van der Waals surface area contributed by atoms with Crippen molar-refractivity contribution in [3.63, 3.8) is 0 Å². The molecule has 6 heteroatoms. The lowest BCUT2D eigenvalue weighted by atomic mass is 10.1. The van der Waals surface area contributed by atoms with Crippen molar-refractivity contribution in [2.24, 2.45) is 0 Å². The number of aryl methyl sites for hydroxylation is 1. The number of aromatic nitrogens is 1. The summed E-state index contributed by atoms with van der Waals surface area (Å²) in [4.78, 5) is 4.33. The lowest BCUT2D eigenvalue weighted by molar-refractivity contribution is 0.528. The number of benzene rings is 2. The number of pyridine rings is 1. The number of hydrogen-bond donors (Lipinski definition) is 2. The summed E-state index contributed by atoms with van der Waals surface area (Å²) in [5.41, 5.74) is 1.36. The Kier molecular flexibility index (Phi) is 7.14. The van der Waals surface area contributed by atoms with Crippen molar-refractivity contribution in [3.05, 3.63) is 72.6 Å². The zero-order chi connectivity index (χ0) is 19.8. The van der Waals surface area contributed by atoms with E-state index in [0.29, 0.717) is 6.54 Å². The van der Waals surface area contributed by atoms with E-state index in [0.717, 1.165) is 36.6 Å². The van der Waals surface area contributed by atoms with Gasteiger partial charge >= 0.3 is 0 Å². The number of unbranched alkanes of at least 4 members (excludes halogenated alkanes) is 1. The minimum absolute atomic E-state index is 0.188. The van der Waals surface area contributed by atoms with E-state index < -0.39 is 10.0 Å². The Morgan fingerprint density at radius 2 is 1.82 bits per heavy atom. The summed E-state index contributed by atoms with van der Waals surface area (Å²) in [7, 11) is -3.54. The maximum atomic E-state index is 12.6. The maximum absolute atomic E-state index is 12.6. The highest BCUT2D eigenvalue weighted by atomic mass is 32.2. The minimum Gasteiger partial charge on any atom is -0.315 e. The van der Waals surface area contributed by atoms with Crippen LogP contribution >= 0.6 is 0 Å². The third kappa shape index (κ3) is 5.86. The summed E-state index contributed by atoms with van der Waals surface area (Å²) < 4.78 is 28.0. The summed E-state index contributed by atoms with van der Waals surface area (Å²) in [6.45, 7) is 3.35. The molecule has 2 aromatic carbocycles. The lowest BCUT2D eigenvalue weighted by Crippen LogP contribution is -2.40. The van der Waals surface area contributed by atoms with Crippen LogP contribution < -0.4 is 10.0 Å². The molecule has 0 aliphatic heterocycles. The Hall–Kier alpha value is -2.28. The van der Waals surface area contributed by atoms with Gasteiger partial charge in [-0.2, -0.15) is 0 Å². The first-order valence-corrected chi connectivity index (χ1v) is 11.1. The van der Waals surface area contributed by atoms with E-state index in [2.05, 4.69) is 39.3 Å². The molecule has 28 heavy (non-hydrogen) atoms. The first kappa shape index (κ1) is 20.5. The van der Waals surface area contributed by atoms with E-state index in [-0.39, 0.29) is 10.9 Å². The van der Waals surface area contributed by atoms with Gasteiger partial charge in [-0.1, -0.05) is 36.4 Å². The van der Waals surface area contributed by atoms with E-state index in [4.69, 9.17) is 0 Å². The van der Waals surface area contributed by atoms with Crippen LogP contribution in [0.3, 0.4) is 0 Å². The number of nitrogens with one attached hydrogen (secondary N) is 2. The molecule has 1 unspecified atom stereocenters. The minimum atomic E-state index is -3.54. The van der Waals surface area contributed by atoms with Crippen LogP contribution in [0.2, 0.25) is 0 Å². The van der Waals surface area contributed by atoms with Crippen LogP contribution in [0.25, 0.3) is 10.8 Å². The van der Waals surface area contributed by atoms with Crippen molar-refractivity contribution in [2.75, 3.05) is 13.1 Å². The summed E-state index contributed by atoms with van der Waals surface area (Å²) in [6.07, 6.45) is 6.64. The molecule has 0 aliphatic carbocycles. The molecule has 0 spiro atoms. The highest BCUT2D eigenvalue weighted by Gasteiger charge is 2.17. The van der Waals surface area contributed by atoms with Crippen LogP contribution in [0.1, 0.15) is 25.3 Å². The molecule has 0 fully saturated rings. The molecule has 5 nitrogen and oxygen atoms in total. The van der Waals surface area contributed by atoms with Crippen molar-refractivity contribution in [3.8, 4) is 0 Å². The normalized spacial score (nSPS) is 12.9. The molecule has 2 N–H and O–H groups in total. The first-order chi connectivity index (χ1) is 13.5. The van der Waals surface area contributed by atoms with E-state index in [1.54, 1.807) is 30.6 Å². The van der Waals surface area contributed by atoms with Gasteiger partial charge in [-0.3, -0.25) is 4.98 Å². The average Bonchev–Trinajstić information content (AvgIpc) is 2.70. The summed E-state index contributed by atoms with van der Waals surface area (Å²) >= 11 is 0. The Balaban J connectivity index is 1.42. The second-order valence-electron chi connectivity index (χ2n) is 7.05. The van der Waals surface area contributed by atoms with E-state index in [9.17, 15) is 8.42 Å². The quantitative estimate of drug-likeness (QED) is 0.514. The Morgan fingerprint density at radius 1 is 1.00 bits per heavy atom. The molecule has 0 amide bonds. The second kappa shape index (κ2) is 9.78. The van der Waals surface area contributed by atoms with Crippen LogP contribution in [0, 0.1) is 0 Å². The van der Waals surface area contributed by atoms with Gasteiger partial charge in [0.1, 0.15) is 0 Å². The van der Waals surface area contributed by atoms with E-state index in [1.807, 2.05) is 19.1 Å². The second-order valence-corrected chi connectivity index (χ2v) is 8.77. The van der Waals surface area contributed by atoms with Gasteiger partial charge in [0, 0.05) is 30.4 Å². The summed E-state index contributed by atoms with van der Waals surface area (Å²) in [5.74, 6) is 0. The predicted octanol–water partition coefficient (Wildman–Crippen LogP) is 3.51. The van der Waals surface area contributed by atoms with Gasteiger partial charge in [0.25, 0.3) is 0 Å². The molecule has 0 saturated heterocycles. The van der Waals surface area contributed by atoms with Gasteiger partial charge in [0.05, 0.1) is 4.90 Å². The zero-order valence-electron chi connectivity index (χ0n) is 16.1. The van der Waals surface area contributed by atoms with Crippen molar-refractivity contribution in [1.82, 2.24) is 15.0 Å². The van der Waals surface area contributed by atoms with Gasteiger partial charge < -0.3 is 5.32 Å². The fourth-order valence-corrected chi connectivity index (χ4v) is 4.42. The fourth-order valence-electron chi connectivity index (χ4n) is 3.15. The number of sulfonamides is 1. The smallest absolute Gasteiger partial charge is 0.240 e. The van der Waals surface area contributed by atoms with Crippen LogP contribution in [0.15, 0.2) is 71.9 Å². The first-order valence-electron chi connectivity index (χ1n) is 9.65.